The van der Waals surface area contributed by atoms with E-state index in [1.54, 1.807) is 26.0 Å². The number of carbonyl (C=O) groups is 1. The molecule has 1 fully saturated rings. The van der Waals surface area contributed by atoms with E-state index in [0.29, 0.717) is 6.54 Å². The third kappa shape index (κ3) is 3.85. The largest absolute Gasteiger partial charge is 0.497 e. The Labute approximate surface area is 152 Å². The lowest BCUT2D eigenvalue weighted by Crippen LogP contribution is -2.34. The highest BCUT2D eigenvalue weighted by Crippen LogP contribution is 2.43. The first-order chi connectivity index (χ1) is 12.1. The number of rotatable bonds is 4. The van der Waals surface area contributed by atoms with Gasteiger partial charge in [0.2, 0.25) is 0 Å². The number of benzene rings is 2. The number of hydrogen-bond acceptors (Lipinski definition) is 4. The average Bonchev–Trinajstić information content (AvgIpc) is 3.12. The zero-order valence-corrected chi connectivity index (χ0v) is 15.4. The van der Waals surface area contributed by atoms with Gasteiger partial charge in [-0.1, -0.05) is 17.7 Å². The minimum Gasteiger partial charge on any atom is -0.497 e. The molecule has 1 N–H and O–H groups in total. The van der Waals surface area contributed by atoms with Crippen LogP contribution in [0, 0.1) is 6.92 Å². The smallest absolute Gasteiger partial charge is 0.323 e. The number of anilines is 1. The summed E-state index contributed by atoms with van der Waals surface area (Å²) in [6, 6.07) is 13.4. The monoisotopic (exact) mass is 358 g/mol. The van der Waals surface area contributed by atoms with Crippen molar-refractivity contribution in [3.8, 4) is 11.5 Å². The van der Waals surface area contributed by atoms with Crippen molar-refractivity contribution in [3.05, 3.63) is 53.6 Å². The number of nitrogens with zero attached hydrogens (tertiary/aromatic N) is 1. The Morgan fingerprint density at radius 3 is 2.60 bits per heavy atom. The van der Waals surface area contributed by atoms with Crippen LogP contribution in [0.5, 0.6) is 11.5 Å². The van der Waals surface area contributed by atoms with E-state index in [4.69, 9.17) is 9.47 Å². The maximum absolute atomic E-state index is 12.8. The van der Waals surface area contributed by atoms with Gasteiger partial charge in [-0.05, 0) is 37.3 Å². The quantitative estimate of drug-likeness (QED) is 0.886. The number of amides is 2. The predicted molar refractivity (Wildman–Crippen MR) is 102 cm³/mol. The van der Waals surface area contributed by atoms with Crippen LogP contribution in [0.3, 0.4) is 0 Å². The van der Waals surface area contributed by atoms with Crippen LogP contribution in [0.4, 0.5) is 10.5 Å². The Morgan fingerprint density at radius 1 is 1.16 bits per heavy atom. The summed E-state index contributed by atoms with van der Waals surface area (Å²) in [5.74, 6) is 2.39. The number of methoxy groups -OCH3 is 2. The first kappa shape index (κ1) is 17.5. The van der Waals surface area contributed by atoms with E-state index in [0.717, 1.165) is 34.1 Å². The fraction of sp³-hybridized carbons (Fsp3) is 0.316. The fourth-order valence-corrected chi connectivity index (χ4v) is 4.07. The summed E-state index contributed by atoms with van der Waals surface area (Å²) in [5.41, 5.74) is 2.90. The van der Waals surface area contributed by atoms with Crippen LogP contribution in [0.2, 0.25) is 0 Å². The minimum absolute atomic E-state index is 0.101. The first-order valence-corrected chi connectivity index (χ1v) is 9.15. The van der Waals surface area contributed by atoms with Gasteiger partial charge in [0.05, 0.1) is 14.2 Å². The van der Waals surface area contributed by atoms with Crippen LogP contribution in [0.15, 0.2) is 42.5 Å². The topological polar surface area (TPSA) is 50.8 Å². The minimum atomic E-state index is -0.108. The zero-order chi connectivity index (χ0) is 17.8. The lowest BCUT2D eigenvalue weighted by atomic mass is 10.1. The molecule has 1 saturated heterocycles. The Kier molecular flexibility index (Phi) is 5.38. The molecular formula is C19H22N2O3S. The zero-order valence-electron chi connectivity index (χ0n) is 14.6. The summed E-state index contributed by atoms with van der Waals surface area (Å²) >= 11 is 1.72. The molecule has 1 aliphatic rings. The third-order valence-corrected chi connectivity index (χ3v) is 5.40. The predicted octanol–water partition coefficient (Wildman–Crippen LogP) is 4.29. The lowest BCUT2D eigenvalue weighted by molar-refractivity contribution is 0.213. The normalized spacial score (nSPS) is 16.6. The van der Waals surface area contributed by atoms with Crippen molar-refractivity contribution < 1.29 is 14.3 Å². The van der Waals surface area contributed by atoms with Gasteiger partial charge < -0.3 is 19.7 Å². The molecule has 1 atom stereocenters. The van der Waals surface area contributed by atoms with E-state index in [2.05, 4.69) is 5.32 Å². The standard InChI is InChI=1S/C19H22N2O3S/c1-13-4-6-14(7-5-13)20-19(22)21-10-11-25-18(21)16-12-15(23-2)8-9-17(16)24-3/h4-9,12,18H,10-11H2,1-3H3,(H,20,22)/t18-/m0/s1. The van der Waals surface area contributed by atoms with Crippen LogP contribution < -0.4 is 14.8 Å². The Morgan fingerprint density at radius 2 is 1.92 bits per heavy atom. The molecule has 0 bridgehead atoms. The number of urea groups is 1. The number of hydrogen-bond donors (Lipinski definition) is 1. The first-order valence-electron chi connectivity index (χ1n) is 8.10. The van der Waals surface area contributed by atoms with Crippen LogP contribution in [0.25, 0.3) is 0 Å². The molecule has 5 nitrogen and oxygen atoms in total. The van der Waals surface area contributed by atoms with Gasteiger partial charge in [0, 0.05) is 23.5 Å². The van der Waals surface area contributed by atoms with Gasteiger partial charge >= 0.3 is 6.03 Å². The summed E-state index contributed by atoms with van der Waals surface area (Å²) in [4.78, 5) is 14.6. The number of ether oxygens (including phenoxy) is 2. The van der Waals surface area contributed by atoms with E-state index in [-0.39, 0.29) is 11.4 Å². The highest BCUT2D eigenvalue weighted by molar-refractivity contribution is 7.99. The number of nitrogens with one attached hydrogen (secondary N) is 1. The SMILES string of the molecule is COc1ccc(OC)c([C@@H]2SCCN2C(=O)Nc2ccc(C)cc2)c1. The second-order valence-electron chi connectivity index (χ2n) is 5.82. The second-order valence-corrected chi connectivity index (χ2v) is 7.01. The number of carbonyl (C=O) groups excluding carboxylic acids is 1. The Hall–Kier alpha value is -2.34. The number of aryl methyl sites for hydroxylation is 1. The second kappa shape index (κ2) is 7.70. The summed E-state index contributed by atoms with van der Waals surface area (Å²) in [6.45, 7) is 2.71. The fourth-order valence-electron chi connectivity index (χ4n) is 2.80. The van der Waals surface area contributed by atoms with Crippen LogP contribution in [-0.4, -0.2) is 37.4 Å². The summed E-state index contributed by atoms with van der Waals surface area (Å²) in [5, 5.41) is 2.88. The lowest BCUT2D eigenvalue weighted by Gasteiger charge is -2.26. The van der Waals surface area contributed by atoms with E-state index >= 15 is 0 Å². The van der Waals surface area contributed by atoms with Crippen LogP contribution in [-0.2, 0) is 0 Å². The van der Waals surface area contributed by atoms with Gasteiger partial charge in [0.25, 0.3) is 0 Å². The Bertz CT molecular complexity index is 749. The molecule has 132 valence electrons. The molecule has 0 saturated carbocycles. The molecule has 2 amide bonds. The molecule has 0 aliphatic carbocycles. The van der Waals surface area contributed by atoms with Gasteiger partial charge in [-0.3, -0.25) is 0 Å². The highest BCUT2D eigenvalue weighted by atomic mass is 32.2. The van der Waals surface area contributed by atoms with Crippen molar-refractivity contribution >= 4 is 23.5 Å². The van der Waals surface area contributed by atoms with E-state index in [1.807, 2.05) is 54.3 Å². The van der Waals surface area contributed by atoms with Crippen molar-refractivity contribution in [2.24, 2.45) is 0 Å². The Balaban J connectivity index is 1.82. The van der Waals surface area contributed by atoms with Crippen LogP contribution >= 0.6 is 11.8 Å². The molecule has 0 aromatic heterocycles. The van der Waals surface area contributed by atoms with Crippen molar-refractivity contribution in [1.29, 1.82) is 0 Å². The van der Waals surface area contributed by atoms with Gasteiger partial charge in [0.15, 0.2) is 0 Å². The molecular weight excluding hydrogens is 336 g/mol. The summed E-state index contributed by atoms with van der Waals surface area (Å²) in [6.07, 6.45) is 0. The van der Waals surface area contributed by atoms with Gasteiger partial charge in [-0.2, -0.15) is 0 Å². The summed E-state index contributed by atoms with van der Waals surface area (Å²) in [7, 11) is 3.27. The van der Waals surface area contributed by atoms with Crippen molar-refractivity contribution in [3.63, 3.8) is 0 Å². The molecule has 0 spiro atoms. The molecule has 3 rings (SSSR count). The van der Waals surface area contributed by atoms with Gasteiger partial charge in [-0.15, -0.1) is 11.8 Å². The number of thioether (sulfide) groups is 1. The summed E-state index contributed by atoms with van der Waals surface area (Å²) < 4.78 is 10.8. The van der Waals surface area contributed by atoms with Crippen LogP contribution in [0.1, 0.15) is 16.5 Å². The van der Waals surface area contributed by atoms with Gasteiger partial charge in [-0.25, -0.2) is 4.79 Å². The highest BCUT2D eigenvalue weighted by Gasteiger charge is 2.33. The van der Waals surface area contributed by atoms with E-state index < -0.39 is 0 Å². The molecule has 1 aliphatic heterocycles. The average molecular weight is 358 g/mol. The molecule has 2 aromatic carbocycles. The van der Waals surface area contributed by atoms with Crippen molar-refractivity contribution in [2.45, 2.75) is 12.3 Å². The maximum Gasteiger partial charge on any atom is 0.323 e. The molecule has 1 heterocycles. The molecule has 0 unspecified atom stereocenters. The third-order valence-electron chi connectivity index (χ3n) is 4.16. The van der Waals surface area contributed by atoms with E-state index in [1.165, 1.54) is 0 Å². The molecule has 25 heavy (non-hydrogen) atoms. The van der Waals surface area contributed by atoms with E-state index in [9.17, 15) is 4.79 Å². The van der Waals surface area contributed by atoms with Gasteiger partial charge in [0.1, 0.15) is 16.9 Å². The van der Waals surface area contributed by atoms with Crippen molar-refractivity contribution in [1.82, 2.24) is 4.90 Å². The van der Waals surface area contributed by atoms with Crippen molar-refractivity contribution in [2.75, 3.05) is 31.8 Å². The molecule has 0 radical (unpaired) electrons. The molecule has 2 aromatic rings. The maximum atomic E-state index is 12.8. The molecule has 6 heteroatoms.